The monoisotopic (exact) mass is 267 g/mol. The lowest BCUT2D eigenvalue weighted by molar-refractivity contribution is 0.425. The van der Waals surface area contributed by atoms with Gasteiger partial charge in [0, 0.05) is 38.5 Å². The molecule has 110 valence electrons. The van der Waals surface area contributed by atoms with Gasteiger partial charge in [-0.15, -0.1) is 0 Å². The van der Waals surface area contributed by atoms with Crippen molar-refractivity contribution in [2.45, 2.75) is 25.8 Å². The molecular weight excluding hydrogens is 238 g/mol. The third-order valence-electron chi connectivity index (χ3n) is 2.60. The lowest BCUT2D eigenvalue weighted by Crippen LogP contribution is -2.27. The summed E-state index contributed by atoms with van der Waals surface area (Å²) in [5.74, 6) is 0. The van der Waals surface area contributed by atoms with E-state index in [1.54, 1.807) is 0 Å². The third-order valence-corrected chi connectivity index (χ3v) is 2.60. The van der Waals surface area contributed by atoms with Gasteiger partial charge in [0.15, 0.2) is 0 Å². The van der Waals surface area contributed by atoms with Gasteiger partial charge >= 0.3 is 0 Å². The van der Waals surface area contributed by atoms with E-state index >= 15 is 0 Å². The summed E-state index contributed by atoms with van der Waals surface area (Å²) in [6, 6.07) is 0.541. The Hall–Kier alpha value is -1.20. The molecule has 0 aromatic rings. The fourth-order valence-electron chi connectivity index (χ4n) is 1.23. The second kappa shape index (κ2) is 11.9. The molecule has 0 aromatic carbocycles. The van der Waals surface area contributed by atoms with E-state index < -0.39 is 0 Å². The van der Waals surface area contributed by atoms with E-state index in [0.717, 1.165) is 26.1 Å². The van der Waals surface area contributed by atoms with Gasteiger partial charge in [-0.05, 0) is 34.5 Å². The number of hydrogen-bond acceptors (Lipinski definition) is 4. The Morgan fingerprint density at radius 2 is 2.00 bits per heavy atom. The topological polar surface area (TPSA) is 43.2 Å². The number of allylic oxidation sites excluding steroid dienone is 1. The van der Waals surface area contributed by atoms with Crippen molar-refractivity contribution in [2.24, 2.45) is 9.98 Å². The van der Waals surface area contributed by atoms with E-state index in [1.165, 1.54) is 0 Å². The van der Waals surface area contributed by atoms with E-state index in [0.29, 0.717) is 6.04 Å². The highest BCUT2D eigenvalue weighted by Crippen LogP contribution is 1.91. The molecule has 1 N–H and O–H groups in total. The zero-order chi connectivity index (χ0) is 14.5. The molecule has 5 nitrogen and oxygen atoms in total. The Morgan fingerprint density at radius 1 is 1.26 bits per heavy atom. The van der Waals surface area contributed by atoms with Crippen molar-refractivity contribution in [3.63, 3.8) is 0 Å². The molecule has 1 atom stereocenters. The molecule has 0 bridgehead atoms. The van der Waals surface area contributed by atoms with Crippen LogP contribution < -0.4 is 5.32 Å². The van der Waals surface area contributed by atoms with Crippen molar-refractivity contribution >= 4 is 12.6 Å². The van der Waals surface area contributed by atoms with Crippen LogP contribution in [0.15, 0.2) is 22.3 Å². The summed E-state index contributed by atoms with van der Waals surface area (Å²) in [7, 11) is 8.03. The van der Waals surface area contributed by atoms with Crippen LogP contribution in [0.4, 0.5) is 0 Å². The van der Waals surface area contributed by atoms with E-state index in [2.05, 4.69) is 27.1 Å². The lowest BCUT2D eigenvalue weighted by atomic mass is 10.2. The largest absolute Gasteiger partial charge is 0.366 e. The Kier molecular flexibility index (Phi) is 11.1. The quantitative estimate of drug-likeness (QED) is 0.481. The zero-order valence-corrected chi connectivity index (χ0v) is 13.0. The Balaban J connectivity index is 3.67. The fraction of sp³-hybridized carbons (Fsp3) is 0.714. The van der Waals surface area contributed by atoms with Gasteiger partial charge < -0.3 is 10.2 Å². The van der Waals surface area contributed by atoms with Crippen LogP contribution in [0.5, 0.6) is 0 Å². The van der Waals surface area contributed by atoms with Crippen LogP contribution in [0, 0.1) is 0 Å². The van der Waals surface area contributed by atoms with Crippen molar-refractivity contribution < 1.29 is 0 Å². The van der Waals surface area contributed by atoms with Crippen molar-refractivity contribution in [2.75, 3.05) is 41.4 Å². The average Bonchev–Trinajstić information content (AvgIpc) is 2.38. The van der Waals surface area contributed by atoms with Gasteiger partial charge in [-0.2, -0.15) is 0 Å². The predicted molar refractivity (Wildman–Crippen MR) is 85.1 cm³/mol. The van der Waals surface area contributed by atoms with E-state index in [-0.39, 0.29) is 0 Å². The molecule has 0 aliphatic rings. The normalized spacial score (nSPS) is 14.2. The molecular formula is C14H29N5. The number of nitrogens with one attached hydrogen (secondary N) is 1. The van der Waals surface area contributed by atoms with Gasteiger partial charge in [0.2, 0.25) is 0 Å². The van der Waals surface area contributed by atoms with Gasteiger partial charge in [-0.3, -0.25) is 9.89 Å². The number of aliphatic imine (C=N–C) groups is 2. The molecule has 19 heavy (non-hydrogen) atoms. The summed E-state index contributed by atoms with van der Waals surface area (Å²) in [5, 5.41) is 3.22. The van der Waals surface area contributed by atoms with Gasteiger partial charge in [-0.25, -0.2) is 4.99 Å². The molecule has 0 saturated carbocycles. The molecule has 0 radical (unpaired) electrons. The Labute approximate surface area is 118 Å². The highest BCUT2D eigenvalue weighted by atomic mass is 15.1. The maximum atomic E-state index is 4.24. The summed E-state index contributed by atoms with van der Waals surface area (Å²) in [6.45, 7) is 3.92. The van der Waals surface area contributed by atoms with Gasteiger partial charge in [0.25, 0.3) is 0 Å². The molecule has 0 heterocycles. The molecule has 0 aliphatic carbocycles. The first-order chi connectivity index (χ1) is 9.06. The summed E-state index contributed by atoms with van der Waals surface area (Å²) >= 11 is 0. The standard InChI is InChI=1S/C14H29N5/c1-14(15-2)8-11-19(5)13-17-10-7-6-9-16-12-18(3)4/h7,9-10,13-15H,6,8,11-12H2,1-5H3/b10-7+,16-9?,17-13?. The first-order valence-electron chi connectivity index (χ1n) is 6.75. The second-order valence-electron chi connectivity index (χ2n) is 4.93. The lowest BCUT2D eigenvalue weighted by Gasteiger charge is -2.15. The van der Waals surface area contributed by atoms with Crippen molar-refractivity contribution in [1.29, 1.82) is 0 Å². The number of nitrogens with zero attached hydrogens (tertiary/aromatic N) is 4. The van der Waals surface area contributed by atoms with Gasteiger partial charge in [0.1, 0.15) is 0 Å². The van der Waals surface area contributed by atoms with Crippen molar-refractivity contribution in [3.05, 3.63) is 12.3 Å². The van der Waals surface area contributed by atoms with Crippen LogP contribution >= 0.6 is 0 Å². The highest BCUT2D eigenvalue weighted by molar-refractivity contribution is 5.59. The molecule has 0 amide bonds. The molecule has 5 heteroatoms. The predicted octanol–water partition coefficient (Wildman–Crippen LogP) is 1.44. The van der Waals surface area contributed by atoms with Crippen LogP contribution in [0.2, 0.25) is 0 Å². The molecule has 0 aliphatic heterocycles. The van der Waals surface area contributed by atoms with Crippen molar-refractivity contribution in [1.82, 2.24) is 15.1 Å². The molecule has 0 rings (SSSR count). The maximum Gasteiger partial charge on any atom is 0.0902 e. The molecule has 0 fully saturated rings. The minimum Gasteiger partial charge on any atom is -0.366 e. The summed E-state index contributed by atoms with van der Waals surface area (Å²) < 4.78 is 0. The van der Waals surface area contributed by atoms with Crippen LogP contribution in [0.25, 0.3) is 0 Å². The summed E-state index contributed by atoms with van der Waals surface area (Å²) in [5.41, 5.74) is 0. The smallest absolute Gasteiger partial charge is 0.0902 e. The van der Waals surface area contributed by atoms with Crippen molar-refractivity contribution in [3.8, 4) is 0 Å². The minimum absolute atomic E-state index is 0.541. The van der Waals surface area contributed by atoms with Crippen LogP contribution in [-0.4, -0.2) is 69.8 Å². The van der Waals surface area contributed by atoms with E-state index in [1.807, 2.05) is 57.9 Å². The van der Waals surface area contributed by atoms with E-state index in [9.17, 15) is 0 Å². The first kappa shape index (κ1) is 17.8. The van der Waals surface area contributed by atoms with Crippen LogP contribution in [-0.2, 0) is 0 Å². The minimum atomic E-state index is 0.541. The summed E-state index contributed by atoms with van der Waals surface area (Å²) in [6.07, 6.45) is 9.52. The molecule has 0 saturated heterocycles. The Morgan fingerprint density at radius 3 is 2.63 bits per heavy atom. The first-order valence-corrected chi connectivity index (χ1v) is 6.75. The van der Waals surface area contributed by atoms with Crippen LogP contribution in [0.1, 0.15) is 19.8 Å². The molecule has 1 unspecified atom stereocenters. The average molecular weight is 267 g/mol. The van der Waals surface area contributed by atoms with E-state index in [4.69, 9.17) is 0 Å². The molecule has 0 spiro atoms. The second-order valence-corrected chi connectivity index (χ2v) is 4.93. The fourth-order valence-corrected chi connectivity index (χ4v) is 1.23. The zero-order valence-electron chi connectivity index (χ0n) is 13.0. The third kappa shape index (κ3) is 13.0. The van der Waals surface area contributed by atoms with Crippen LogP contribution in [0.3, 0.4) is 0 Å². The van der Waals surface area contributed by atoms with Gasteiger partial charge in [0.05, 0.1) is 13.0 Å². The number of hydrogen-bond donors (Lipinski definition) is 1. The molecule has 0 aromatic heterocycles. The summed E-state index contributed by atoms with van der Waals surface area (Å²) in [4.78, 5) is 12.6. The number of rotatable bonds is 10. The highest BCUT2D eigenvalue weighted by Gasteiger charge is 1.98. The Bertz CT molecular complexity index is 284. The SMILES string of the molecule is CNC(C)CCN(C)C=N/C=C/CC=NCN(C)C. The van der Waals surface area contributed by atoms with Gasteiger partial charge in [-0.1, -0.05) is 6.08 Å². The maximum absolute atomic E-state index is 4.24.